The van der Waals surface area contributed by atoms with Gasteiger partial charge < -0.3 is 15.0 Å². The Labute approximate surface area is 113 Å². The van der Waals surface area contributed by atoms with Gasteiger partial charge in [0.1, 0.15) is 0 Å². The third-order valence-corrected chi connectivity index (χ3v) is 3.97. The van der Waals surface area contributed by atoms with Crippen LogP contribution in [-0.4, -0.2) is 50.3 Å². The number of hydrogen-bond acceptors (Lipinski definition) is 3. The zero-order valence-corrected chi connectivity index (χ0v) is 12.6. The summed E-state index contributed by atoms with van der Waals surface area (Å²) >= 11 is 0. The SMILES string of the molecule is CCCNC(C)CCCCN1CCC(OC)CC1. The summed E-state index contributed by atoms with van der Waals surface area (Å²) in [6.45, 7) is 9.41. The van der Waals surface area contributed by atoms with Crippen molar-refractivity contribution in [1.82, 2.24) is 10.2 Å². The molecule has 0 aromatic carbocycles. The summed E-state index contributed by atoms with van der Waals surface area (Å²) in [5.41, 5.74) is 0. The van der Waals surface area contributed by atoms with Crippen LogP contribution in [0.2, 0.25) is 0 Å². The van der Waals surface area contributed by atoms with Crippen LogP contribution in [0.15, 0.2) is 0 Å². The molecule has 18 heavy (non-hydrogen) atoms. The molecule has 1 saturated heterocycles. The molecule has 3 nitrogen and oxygen atoms in total. The van der Waals surface area contributed by atoms with E-state index in [1.54, 1.807) is 0 Å². The molecule has 1 rings (SSSR count). The van der Waals surface area contributed by atoms with Crippen LogP contribution in [0.1, 0.15) is 52.4 Å². The molecular formula is C15H32N2O. The van der Waals surface area contributed by atoms with Crippen LogP contribution in [0.3, 0.4) is 0 Å². The molecular weight excluding hydrogens is 224 g/mol. The van der Waals surface area contributed by atoms with Crippen LogP contribution in [0, 0.1) is 0 Å². The highest BCUT2D eigenvalue weighted by Gasteiger charge is 2.17. The normalized spacial score (nSPS) is 20.2. The molecule has 1 aliphatic rings. The number of nitrogens with zero attached hydrogens (tertiary/aromatic N) is 1. The third kappa shape index (κ3) is 6.72. The van der Waals surface area contributed by atoms with E-state index in [0.717, 1.165) is 6.54 Å². The monoisotopic (exact) mass is 256 g/mol. The van der Waals surface area contributed by atoms with Crippen molar-refractivity contribution in [2.45, 2.75) is 64.5 Å². The number of likely N-dealkylation sites (tertiary alicyclic amines) is 1. The molecule has 108 valence electrons. The highest BCUT2D eigenvalue weighted by molar-refractivity contribution is 4.72. The molecule has 1 N–H and O–H groups in total. The lowest BCUT2D eigenvalue weighted by Crippen LogP contribution is -2.37. The summed E-state index contributed by atoms with van der Waals surface area (Å²) in [5.74, 6) is 0. The zero-order valence-electron chi connectivity index (χ0n) is 12.6. The van der Waals surface area contributed by atoms with Crippen molar-refractivity contribution >= 4 is 0 Å². The van der Waals surface area contributed by atoms with Crippen LogP contribution in [0.4, 0.5) is 0 Å². The van der Waals surface area contributed by atoms with E-state index >= 15 is 0 Å². The molecule has 0 spiro atoms. The average molecular weight is 256 g/mol. The first-order valence-electron chi connectivity index (χ1n) is 7.74. The number of nitrogens with one attached hydrogen (secondary N) is 1. The second-order valence-corrected chi connectivity index (χ2v) is 5.63. The highest BCUT2D eigenvalue weighted by atomic mass is 16.5. The minimum absolute atomic E-state index is 0.513. The van der Waals surface area contributed by atoms with Crippen LogP contribution >= 0.6 is 0 Å². The van der Waals surface area contributed by atoms with E-state index in [2.05, 4.69) is 24.1 Å². The highest BCUT2D eigenvalue weighted by Crippen LogP contribution is 2.13. The predicted molar refractivity (Wildman–Crippen MR) is 78.1 cm³/mol. The molecule has 0 bridgehead atoms. The van der Waals surface area contributed by atoms with Gasteiger partial charge in [0.15, 0.2) is 0 Å². The van der Waals surface area contributed by atoms with Crippen molar-refractivity contribution < 1.29 is 4.74 Å². The third-order valence-electron chi connectivity index (χ3n) is 3.97. The topological polar surface area (TPSA) is 24.5 Å². The van der Waals surface area contributed by atoms with Gasteiger partial charge >= 0.3 is 0 Å². The Balaban J connectivity index is 1.95. The molecule has 0 radical (unpaired) electrons. The Morgan fingerprint density at radius 1 is 1.28 bits per heavy atom. The van der Waals surface area contributed by atoms with Gasteiger partial charge in [0.25, 0.3) is 0 Å². The Morgan fingerprint density at radius 2 is 2.00 bits per heavy atom. The number of ether oxygens (including phenoxy) is 1. The van der Waals surface area contributed by atoms with E-state index in [1.165, 1.54) is 58.2 Å². The van der Waals surface area contributed by atoms with Crippen LogP contribution in [0.25, 0.3) is 0 Å². The fourth-order valence-corrected chi connectivity index (χ4v) is 2.65. The van der Waals surface area contributed by atoms with Gasteiger partial charge in [0.05, 0.1) is 6.10 Å². The molecule has 1 unspecified atom stereocenters. The van der Waals surface area contributed by atoms with Gasteiger partial charge in [0.2, 0.25) is 0 Å². The van der Waals surface area contributed by atoms with Crippen molar-refractivity contribution in [3.63, 3.8) is 0 Å². The van der Waals surface area contributed by atoms with Gasteiger partial charge in [-0.1, -0.05) is 13.3 Å². The lowest BCUT2D eigenvalue weighted by molar-refractivity contribution is 0.0406. The molecule has 3 heteroatoms. The smallest absolute Gasteiger partial charge is 0.0595 e. The van der Waals surface area contributed by atoms with Crippen LogP contribution < -0.4 is 5.32 Å². The summed E-state index contributed by atoms with van der Waals surface area (Å²) in [7, 11) is 1.84. The van der Waals surface area contributed by atoms with E-state index < -0.39 is 0 Å². The van der Waals surface area contributed by atoms with Gasteiger partial charge in [-0.05, 0) is 52.1 Å². The number of unbranched alkanes of at least 4 members (excludes halogenated alkanes) is 1. The summed E-state index contributed by atoms with van der Waals surface area (Å²) in [6, 6.07) is 0.684. The first-order valence-corrected chi connectivity index (χ1v) is 7.74. The van der Waals surface area contributed by atoms with Crippen molar-refractivity contribution in [3.05, 3.63) is 0 Å². The van der Waals surface area contributed by atoms with Gasteiger partial charge in [-0.25, -0.2) is 0 Å². The van der Waals surface area contributed by atoms with Gasteiger partial charge in [-0.3, -0.25) is 0 Å². The number of piperidine rings is 1. The zero-order chi connectivity index (χ0) is 13.2. The Kier molecular flexibility index (Phi) is 8.64. The fraction of sp³-hybridized carbons (Fsp3) is 1.00. The fourth-order valence-electron chi connectivity index (χ4n) is 2.65. The molecule has 1 atom stereocenters. The molecule has 1 heterocycles. The summed E-state index contributed by atoms with van der Waals surface area (Å²) in [6.07, 6.45) is 8.18. The Morgan fingerprint density at radius 3 is 2.61 bits per heavy atom. The lowest BCUT2D eigenvalue weighted by atomic mass is 10.1. The van der Waals surface area contributed by atoms with E-state index in [1.807, 2.05) is 7.11 Å². The maximum atomic E-state index is 5.40. The van der Waals surface area contributed by atoms with Crippen LogP contribution in [-0.2, 0) is 4.74 Å². The van der Waals surface area contributed by atoms with Crippen molar-refractivity contribution in [1.29, 1.82) is 0 Å². The lowest BCUT2D eigenvalue weighted by Gasteiger charge is -2.31. The molecule has 0 aromatic rings. The van der Waals surface area contributed by atoms with Crippen molar-refractivity contribution in [3.8, 4) is 0 Å². The summed E-state index contributed by atoms with van der Waals surface area (Å²) in [5, 5.41) is 3.55. The van der Waals surface area contributed by atoms with E-state index in [9.17, 15) is 0 Å². The minimum atomic E-state index is 0.513. The van der Waals surface area contributed by atoms with Gasteiger partial charge in [-0.2, -0.15) is 0 Å². The van der Waals surface area contributed by atoms with Gasteiger partial charge in [-0.15, -0.1) is 0 Å². The molecule has 0 aromatic heterocycles. The molecule has 0 aliphatic carbocycles. The van der Waals surface area contributed by atoms with E-state index in [4.69, 9.17) is 4.74 Å². The second kappa shape index (κ2) is 9.76. The van der Waals surface area contributed by atoms with E-state index in [0.29, 0.717) is 12.1 Å². The predicted octanol–water partition coefficient (Wildman–Crippen LogP) is 2.66. The van der Waals surface area contributed by atoms with Crippen molar-refractivity contribution in [2.24, 2.45) is 0 Å². The molecule has 1 aliphatic heterocycles. The number of hydrogen-bond donors (Lipinski definition) is 1. The summed E-state index contributed by atoms with van der Waals surface area (Å²) in [4.78, 5) is 2.60. The van der Waals surface area contributed by atoms with Crippen molar-refractivity contribution in [2.75, 3.05) is 33.3 Å². The maximum Gasteiger partial charge on any atom is 0.0595 e. The largest absolute Gasteiger partial charge is 0.381 e. The average Bonchev–Trinajstić information content (AvgIpc) is 2.42. The first kappa shape index (κ1) is 15.9. The Bertz CT molecular complexity index is 191. The number of methoxy groups -OCH3 is 1. The Hall–Kier alpha value is -0.120. The minimum Gasteiger partial charge on any atom is -0.381 e. The second-order valence-electron chi connectivity index (χ2n) is 5.63. The van der Waals surface area contributed by atoms with E-state index in [-0.39, 0.29) is 0 Å². The maximum absolute atomic E-state index is 5.40. The standard InChI is InChI=1S/C15H32N2O/c1-4-10-16-14(2)7-5-6-11-17-12-8-15(18-3)9-13-17/h14-16H,4-13H2,1-3H3. The first-order chi connectivity index (χ1) is 8.76. The quantitative estimate of drug-likeness (QED) is 0.642. The van der Waals surface area contributed by atoms with Crippen LogP contribution in [0.5, 0.6) is 0 Å². The molecule has 1 fully saturated rings. The molecule has 0 amide bonds. The molecule has 0 saturated carbocycles. The van der Waals surface area contributed by atoms with Gasteiger partial charge in [0, 0.05) is 26.2 Å². The number of rotatable bonds is 9. The summed E-state index contributed by atoms with van der Waals surface area (Å²) < 4.78 is 5.40.